The molecule has 2 N–H and O–H groups in total. The molecule has 0 spiro atoms. The van der Waals surface area contributed by atoms with Crippen LogP contribution in [-0.4, -0.2) is 148 Å². The molecule has 1 unspecified atom stereocenters. The van der Waals surface area contributed by atoms with E-state index >= 15 is 4.39 Å². The Morgan fingerprint density at radius 3 is 2.34 bits per heavy atom. The number of rotatable bonds is 15. The predicted molar refractivity (Wildman–Crippen MR) is 203 cm³/mol. The Morgan fingerprint density at radius 2 is 1.59 bits per heavy atom. The maximum absolute atomic E-state index is 15.3. The molecule has 314 valence electrons. The monoisotopic (exact) mass is 843 g/mol. The second kappa shape index (κ2) is 18.5. The molecule has 21 heteroatoms. The van der Waals surface area contributed by atoms with E-state index in [1.165, 1.54) is 23.5 Å². The number of ether oxygens (including phenoxy) is 4. The lowest BCUT2D eigenvalue weighted by Gasteiger charge is -2.36. The molecular formula is C38H40F3N7O10S. The number of piperazine rings is 1. The highest BCUT2D eigenvalue weighted by atomic mass is 32.1. The highest BCUT2D eigenvalue weighted by Gasteiger charge is 2.45. The fourth-order valence-corrected chi connectivity index (χ4v) is 7.88. The maximum atomic E-state index is 15.3. The van der Waals surface area contributed by atoms with Crippen LogP contribution in [0, 0.1) is 17.5 Å². The quantitative estimate of drug-likeness (QED) is 0.165. The number of morpholine rings is 1. The Bertz CT molecular complexity index is 2130. The number of anilines is 2. The first-order valence-corrected chi connectivity index (χ1v) is 19.8. The molecule has 6 amide bonds. The number of hydrogen-bond acceptors (Lipinski definition) is 14. The van der Waals surface area contributed by atoms with E-state index in [1.807, 2.05) is 4.90 Å². The number of carbonyl (C=O) groups excluding carboxylic acids is 6. The van der Waals surface area contributed by atoms with Crippen molar-refractivity contribution in [2.24, 2.45) is 0 Å². The van der Waals surface area contributed by atoms with Crippen LogP contribution >= 0.6 is 11.3 Å². The smallest absolute Gasteiger partial charge is 0.262 e. The van der Waals surface area contributed by atoms with Crippen molar-refractivity contribution in [3.8, 4) is 17.0 Å². The van der Waals surface area contributed by atoms with Gasteiger partial charge in [0, 0.05) is 63.2 Å². The standard InChI is InChI=1S/C38H40F3N7O10S/c39-25-2-1-22(27-21-59-38(43-27)47-10-13-56-14-11-47)34(33(25)41)58-19-31(50)42-5-12-55-15-16-57-20-32(51)46-8-6-45(7-9-46)29-18-24-23(17-26(29)40)36(53)48(37(24)54)28-3-4-30(49)44-35(28)52/h1-2,17-18,21,28H,3-16,19-20H2,(H,42,50)(H,44,49,52). The van der Waals surface area contributed by atoms with Gasteiger partial charge in [0.2, 0.25) is 23.5 Å². The van der Waals surface area contributed by atoms with Crippen LogP contribution in [-0.2, 0) is 33.4 Å². The van der Waals surface area contributed by atoms with E-state index in [0.29, 0.717) is 37.1 Å². The molecule has 3 aromatic rings. The van der Waals surface area contributed by atoms with Crippen LogP contribution in [0.25, 0.3) is 11.3 Å². The van der Waals surface area contributed by atoms with Crippen LogP contribution in [0.3, 0.4) is 0 Å². The topological polar surface area (TPSA) is 189 Å². The van der Waals surface area contributed by atoms with Crippen LogP contribution in [0.15, 0.2) is 29.6 Å². The van der Waals surface area contributed by atoms with Crippen molar-refractivity contribution in [3.05, 3.63) is 58.2 Å². The molecule has 59 heavy (non-hydrogen) atoms. The van der Waals surface area contributed by atoms with Gasteiger partial charge in [-0.05, 0) is 30.7 Å². The number of halogens is 3. The van der Waals surface area contributed by atoms with Crippen molar-refractivity contribution in [1.82, 2.24) is 25.4 Å². The van der Waals surface area contributed by atoms with Gasteiger partial charge in [-0.15, -0.1) is 11.3 Å². The van der Waals surface area contributed by atoms with E-state index in [4.69, 9.17) is 18.9 Å². The van der Waals surface area contributed by atoms with Gasteiger partial charge in [0.15, 0.2) is 23.3 Å². The fourth-order valence-electron chi connectivity index (χ4n) is 7.00. The lowest BCUT2D eigenvalue weighted by atomic mass is 10.0. The molecule has 0 aliphatic carbocycles. The molecule has 7 rings (SSSR count). The Labute approximate surface area is 339 Å². The number of amides is 6. The van der Waals surface area contributed by atoms with Gasteiger partial charge in [-0.2, -0.15) is 4.39 Å². The third kappa shape index (κ3) is 9.32. The zero-order valence-corrected chi connectivity index (χ0v) is 32.5. The summed E-state index contributed by atoms with van der Waals surface area (Å²) >= 11 is 1.35. The van der Waals surface area contributed by atoms with Crippen molar-refractivity contribution in [1.29, 1.82) is 0 Å². The van der Waals surface area contributed by atoms with Crippen molar-refractivity contribution < 1.29 is 60.9 Å². The summed E-state index contributed by atoms with van der Waals surface area (Å²) in [4.78, 5) is 85.9. The Balaban J connectivity index is 0.785. The van der Waals surface area contributed by atoms with Gasteiger partial charge >= 0.3 is 0 Å². The number of fused-ring (bicyclic) bond motifs is 1. The number of hydrogen-bond donors (Lipinski definition) is 2. The zero-order chi connectivity index (χ0) is 41.6. The summed E-state index contributed by atoms with van der Waals surface area (Å²) in [6, 6.07) is 3.42. The van der Waals surface area contributed by atoms with Crippen LogP contribution in [0.4, 0.5) is 24.0 Å². The van der Waals surface area contributed by atoms with Crippen molar-refractivity contribution >= 4 is 57.6 Å². The molecule has 17 nitrogen and oxygen atoms in total. The van der Waals surface area contributed by atoms with Crippen LogP contribution < -0.4 is 25.2 Å². The Kier molecular flexibility index (Phi) is 13.0. The fraction of sp³-hybridized carbons (Fsp3) is 0.447. The summed E-state index contributed by atoms with van der Waals surface area (Å²) in [6.45, 7) is 2.96. The summed E-state index contributed by atoms with van der Waals surface area (Å²) in [5, 5.41) is 7.12. The first kappa shape index (κ1) is 41.5. The van der Waals surface area contributed by atoms with E-state index in [9.17, 15) is 37.5 Å². The normalized spacial score (nSPS) is 18.3. The second-order valence-corrected chi connectivity index (χ2v) is 14.7. The number of thiazole rings is 1. The average molecular weight is 844 g/mol. The molecular weight excluding hydrogens is 804 g/mol. The Hall–Kier alpha value is -5.64. The SMILES string of the molecule is O=C(COc1c(-c2csc(N3CCOCC3)n2)ccc(F)c1F)NCCOCCOCC(=O)N1CCN(c2cc3c(cc2F)C(=O)N(C2CCC(=O)NC2=O)C3=O)CC1. The van der Waals surface area contributed by atoms with Gasteiger partial charge in [-0.3, -0.25) is 39.0 Å². The van der Waals surface area contributed by atoms with E-state index in [2.05, 4.69) is 15.6 Å². The number of benzene rings is 2. The lowest BCUT2D eigenvalue weighted by molar-refractivity contribution is -0.137. The molecule has 0 saturated carbocycles. The Morgan fingerprint density at radius 1 is 0.864 bits per heavy atom. The molecule has 4 aliphatic rings. The average Bonchev–Trinajstić information content (AvgIpc) is 3.82. The van der Waals surface area contributed by atoms with Gasteiger partial charge in [0.05, 0.1) is 55.5 Å². The van der Waals surface area contributed by atoms with Crippen LogP contribution in [0.5, 0.6) is 5.75 Å². The summed E-state index contributed by atoms with van der Waals surface area (Å²) in [7, 11) is 0. The summed E-state index contributed by atoms with van der Waals surface area (Å²) in [5.41, 5.74) is 0.476. The minimum absolute atomic E-state index is 0.0192. The van der Waals surface area contributed by atoms with Gasteiger partial charge in [-0.1, -0.05) is 0 Å². The molecule has 0 radical (unpaired) electrons. The molecule has 3 fully saturated rings. The highest BCUT2D eigenvalue weighted by Crippen LogP contribution is 2.37. The molecule has 3 saturated heterocycles. The van der Waals surface area contributed by atoms with E-state index in [1.54, 1.807) is 15.2 Å². The number of imide groups is 2. The van der Waals surface area contributed by atoms with E-state index < -0.39 is 65.4 Å². The maximum Gasteiger partial charge on any atom is 0.262 e. The van der Waals surface area contributed by atoms with Crippen molar-refractivity contribution in [3.63, 3.8) is 0 Å². The molecule has 4 aliphatic heterocycles. The van der Waals surface area contributed by atoms with Crippen LogP contribution in [0.2, 0.25) is 0 Å². The minimum Gasteiger partial charge on any atom is -0.480 e. The van der Waals surface area contributed by atoms with E-state index in [-0.39, 0.29) is 100 Å². The number of aromatic nitrogens is 1. The first-order valence-electron chi connectivity index (χ1n) is 18.9. The highest BCUT2D eigenvalue weighted by molar-refractivity contribution is 7.14. The van der Waals surface area contributed by atoms with Gasteiger partial charge < -0.3 is 39.0 Å². The number of nitrogens with one attached hydrogen (secondary N) is 2. The summed E-state index contributed by atoms with van der Waals surface area (Å²) in [6.07, 6.45) is -0.0558. The molecule has 0 bridgehead atoms. The summed E-state index contributed by atoms with van der Waals surface area (Å²) in [5.74, 6) is -7.20. The summed E-state index contributed by atoms with van der Waals surface area (Å²) < 4.78 is 65.9. The third-order valence-electron chi connectivity index (χ3n) is 10.1. The third-order valence-corrected chi connectivity index (χ3v) is 11.0. The second-order valence-electron chi connectivity index (χ2n) is 13.8. The minimum atomic E-state index is -1.23. The lowest BCUT2D eigenvalue weighted by Crippen LogP contribution is -2.54. The first-order chi connectivity index (χ1) is 28.5. The molecule has 1 atom stereocenters. The predicted octanol–water partition coefficient (Wildman–Crippen LogP) is 1.34. The zero-order valence-electron chi connectivity index (χ0n) is 31.6. The van der Waals surface area contributed by atoms with Crippen molar-refractivity contribution in [2.75, 3.05) is 102 Å². The van der Waals surface area contributed by atoms with Gasteiger partial charge in [0.25, 0.3) is 17.7 Å². The van der Waals surface area contributed by atoms with Gasteiger partial charge in [-0.25, -0.2) is 13.8 Å². The largest absolute Gasteiger partial charge is 0.480 e. The number of nitrogens with zero attached hydrogens (tertiary/aromatic N) is 5. The number of piperidine rings is 1. The molecule has 1 aromatic heterocycles. The van der Waals surface area contributed by atoms with E-state index in [0.717, 1.165) is 17.0 Å². The molecule has 2 aromatic carbocycles. The van der Waals surface area contributed by atoms with Crippen LogP contribution in [0.1, 0.15) is 33.6 Å². The van der Waals surface area contributed by atoms with Gasteiger partial charge in [0.1, 0.15) is 18.5 Å². The number of carbonyl (C=O) groups is 6. The molecule has 5 heterocycles. The van der Waals surface area contributed by atoms with Crippen molar-refractivity contribution in [2.45, 2.75) is 18.9 Å².